The third-order valence-corrected chi connectivity index (χ3v) is 10.1. The highest BCUT2D eigenvalue weighted by Crippen LogP contribution is 2.16. The Morgan fingerprint density at radius 3 is 1.12 bits per heavy atom. The first-order valence-electron chi connectivity index (χ1n) is 22.2. The smallest absolute Gasteiger partial charge is 0.306 e. The van der Waals surface area contributed by atoms with E-state index in [1.807, 2.05) is 0 Å². The SMILES string of the molecule is CCCCC/C=C\CCCCCCCC(=O)OC(CO)COC(=O)CCCCCCCCCCCCCCCCCCCCCCCCCC. The van der Waals surface area contributed by atoms with Crippen LogP contribution in [0.3, 0.4) is 0 Å². The number of unbranched alkanes of at least 4 members (excludes halogenated alkanes) is 31. The van der Waals surface area contributed by atoms with Crippen LogP contribution in [0.2, 0.25) is 0 Å². The predicted octanol–water partition coefficient (Wildman–Crippen LogP) is 14.1. The van der Waals surface area contributed by atoms with Gasteiger partial charge in [0.05, 0.1) is 6.61 Å². The molecule has 1 N–H and O–H groups in total. The fourth-order valence-corrected chi connectivity index (χ4v) is 6.67. The van der Waals surface area contributed by atoms with Crippen molar-refractivity contribution in [1.29, 1.82) is 0 Å². The lowest BCUT2D eigenvalue weighted by Gasteiger charge is -2.15. The predicted molar refractivity (Wildman–Crippen MR) is 215 cm³/mol. The summed E-state index contributed by atoms with van der Waals surface area (Å²) in [6, 6.07) is 0. The number of carbonyl (C=O) groups is 2. The number of rotatable bonds is 41. The zero-order valence-electron chi connectivity index (χ0n) is 33.7. The van der Waals surface area contributed by atoms with E-state index in [4.69, 9.17) is 9.47 Å². The van der Waals surface area contributed by atoms with E-state index in [2.05, 4.69) is 26.0 Å². The molecule has 5 nitrogen and oxygen atoms in total. The van der Waals surface area contributed by atoms with Crippen LogP contribution in [-0.4, -0.2) is 36.4 Å². The molecule has 5 heteroatoms. The second-order valence-electron chi connectivity index (χ2n) is 15.1. The van der Waals surface area contributed by atoms with Gasteiger partial charge in [0.25, 0.3) is 0 Å². The highest BCUT2D eigenvalue weighted by molar-refractivity contribution is 5.70. The zero-order valence-corrected chi connectivity index (χ0v) is 33.7. The average molecular weight is 707 g/mol. The quantitative estimate of drug-likeness (QED) is 0.0389. The highest BCUT2D eigenvalue weighted by Gasteiger charge is 2.16. The maximum Gasteiger partial charge on any atom is 0.306 e. The van der Waals surface area contributed by atoms with Crippen molar-refractivity contribution in [3.05, 3.63) is 12.2 Å². The van der Waals surface area contributed by atoms with Gasteiger partial charge in [0.1, 0.15) is 6.61 Å². The minimum Gasteiger partial charge on any atom is -0.462 e. The molecule has 0 bridgehead atoms. The maximum absolute atomic E-state index is 12.1. The van der Waals surface area contributed by atoms with Crippen LogP contribution in [0.4, 0.5) is 0 Å². The van der Waals surface area contributed by atoms with Gasteiger partial charge in [-0.3, -0.25) is 9.59 Å². The van der Waals surface area contributed by atoms with E-state index in [-0.39, 0.29) is 25.2 Å². The number of aliphatic hydroxyl groups excluding tert-OH is 1. The molecule has 0 radical (unpaired) electrons. The molecule has 296 valence electrons. The highest BCUT2D eigenvalue weighted by atomic mass is 16.6. The van der Waals surface area contributed by atoms with E-state index in [0.29, 0.717) is 12.8 Å². The van der Waals surface area contributed by atoms with Gasteiger partial charge < -0.3 is 14.6 Å². The Balaban J connectivity index is 3.43. The summed E-state index contributed by atoms with van der Waals surface area (Å²) in [4.78, 5) is 24.3. The number of aliphatic hydroxyl groups is 1. The van der Waals surface area contributed by atoms with E-state index >= 15 is 0 Å². The molecule has 0 saturated carbocycles. The van der Waals surface area contributed by atoms with Crippen molar-refractivity contribution in [1.82, 2.24) is 0 Å². The lowest BCUT2D eigenvalue weighted by molar-refractivity contribution is -0.161. The Labute approximate surface area is 311 Å². The van der Waals surface area contributed by atoms with Gasteiger partial charge in [0.15, 0.2) is 6.10 Å². The summed E-state index contributed by atoms with van der Waals surface area (Å²) in [6.45, 7) is 4.13. The number of hydrogen-bond donors (Lipinski definition) is 1. The van der Waals surface area contributed by atoms with E-state index in [9.17, 15) is 14.7 Å². The van der Waals surface area contributed by atoms with Gasteiger partial charge in [0, 0.05) is 12.8 Å². The van der Waals surface area contributed by atoms with Crippen molar-refractivity contribution in [3.8, 4) is 0 Å². The van der Waals surface area contributed by atoms with Crippen LogP contribution < -0.4 is 0 Å². The van der Waals surface area contributed by atoms with Crippen LogP contribution in [0.15, 0.2) is 12.2 Å². The molecule has 1 atom stereocenters. The van der Waals surface area contributed by atoms with Crippen LogP contribution in [0.1, 0.15) is 245 Å². The molecular weight excluding hydrogens is 620 g/mol. The second kappa shape index (κ2) is 42.1. The van der Waals surface area contributed by atoms with Crippen molar-refractivity contribution in [2.24, 2.45) is 0 Å². The largest absolute Gasteiger partial charge is 0.462 e. The average Bonchev–Trinajstić information content (AvgIpc) is 3.12. The van der Waals surface area contributed by atoms with E-state index in [1.165, 1.54) is 180 Å². The molecule has 0 rings (SSSR count). The zero-order chi connectivity index (χ0) is 36.4. The van der Waals surface area contributed by atoms with Crippen LogP contribution in [-0.2, 0) is 19.1 Å². The van der Waals surface area contributed by atoms with Crippen molar-refractivity contribution in [2.75, 3.05) is 13.2 Å². The molecule has 50 heavy (non-hydrogen) atoms. The molecule has 0 aromatic heterocycles. The van der Waals surface area contributed by atoms with Gasteiger partial charge in [-0.25, -0.2) is 0 Å². The molecule has 0 spiro atoms. The first-order valence-corrected chi connectivity index (χ1v) is 22.2. The van der Waals surface area contributed by atoms with Crippen LogP contribution in [0, 0.1) is 0 Å². The summed E-state index contributed by atoms with van der Waals surface area (Å²) in [7, 11) is 0. The molecule has 0 aliphatic rings. The summed E-state index contributed by atoms with van der Waals surface area (Å²) < 4.78 is 10.6. The Morgan fingerprint density at radius 2 is 0.740 bits per heavy atom. The molecule has 0 saturated heterocycles. The summed E-state index contributed by atoms with van der Waals surface area (Å²) >= 11 is 0. The lowest BCUT2D eigenvalue weighted by Crippen LogP contribution is -2.28. The summed E-state index contributed by atoms with van der Waals surface area (Å²) in [6.07, 6.45) is 48.7. The summed E-state index contributed by atoms with van der Waals surface area (Å²) in [5.41, 5.74) is 0. The van der Waals surface area contributed by atoms with E-state index < -0.39 is 6.10 Å². The maximum atomic E-state index is 12.1. The molecule has 0 amide bonds. The number of esters is 2. The topological polar surface area (TPSA) is 72.8 Å². The summed E-state index contributed by atoms with van der Waals surface area (Å²) in [5, 5.41) is 9.56. The monoisotopic (exact) mass is 707 g/mol. The third-order valence-electron chi connectivity index (χ3n) is 10.1. The minimum absolute atomic E-state index is 0.0631. The van der Waals surface area contributed by atoms with Gasteiger partial charge in [-0.15, -0.1) is 0 Å². The van der Waals surface area contributed by atoms with Crippen LogP contribution in [0.5, 0.6) is 0 Å². The number of carbonyl (C=O) groups excluding carboxylic acids is 2. The van der Waals surface area contributed by atoms with Crippen molar-refractivity contribution in [3.63, 3.8) is 0 Å². The van der Waals surface area contributed by atoms with E-state index in [1.54, 1.807) is 0 Å². The van der Waals surface area contributed by atoms with Gasteiger partial charge in [-0.2, -0.15) is 0 Å². The number of hydrogen-bond acceptors (Lipinski definition) is 5. The Bertz CT molecular complexity index is 720. The molecule has 0 fully saturated rings. The van der Waals surface area contributed by atoms with Crippen molar-refractivity contribution in [2.45, 2.75) is 251 Å². The van der Waals surface area contributed by atoms with Crippen LogP contribution >= 0.6 is 0 Å². The van der Waals surface area contributed by atoms with Gasteiger partial charge >= 0.3 is 11.9 Å². The first-order chi connectivity index (χ1) is 24.6. The third kappa shape index (κ3) is 39.4. The molecule has 1 unspecified atom stereocenters. The number of ether oxygens (including phenoxy) is 2. The van der Waals surface area contributed by atoms with Gasteiger partial charge in [-0.05, 0) is 38.5 Å². The van der Waals surface area contributed by atoms with Crippen molar-refractivity contribution >= 4 is 11.9 Å². The molecule has 0 aromatic rings. The normalized spacial score (nSPS) is 12.1. The lowest BCUT2D eigenvalue weighted by atomic mass is 10.0. The molecule has 0 aliphatic heterocycles. The fraction of sp³-hybridized carbons (Fsp3) is 0.911. The molecule has 0 heterocycles. The van der Waals surface area contributed by atoms with Gasteiger partial charge in [-0.1, -0.05) is 206 Å². The molecule has 0 aromatic carbocycles. The van der Waals surface area contributed by atoms with Gasteiger partial charge in [0.2, 0.25) is 0 Å². The Kier molecular flexibility index (Phi) is 40.9. The fourth-order valence-electron chi connectivity index (χ4n) is 6.67. The minimum atomic E-state index is -0.769. The van der Waals surface area contributed by atoms with E-state index in [0.717, 1.165) is 38.5 Å². The number of allylic oxidation sites excluding steroid dienone is 2. The first kappa shape index (κ1) is 48.6. The second-order valence-corrected chi connectivity index (χ2v) is 15.1. The van der Waals surface area contributed by atoms with Crippen LogP contribution in [0.25, 0.3) is 0 Å². The van der Waals surface area contributed by atoms with Crippen molar-refractivity contribution < 1.29 is 24.2 Å². The molecule has 0 aliphatic carbocycles. The Morgan fingerprint density at radius 1 is 0.440 bits per heavy atom. The Hall–Kier alpha value is -1.36. The summed E-state index contributed by atoms with van der Waals surface area (Å²) in [5.74, 6) is -0.589. The standard InChI is InChI=1S/C45H86O5/c1-3-5-7-9-11-13-15-17-18-19-20-21-22-23-24-25-26-27-28-30-31-33-35-37-39-44(47)49-42-43(41-46)50-45(48)40-38-36-34-32-29-16-14-12-10-8-6-4-2/h12,14,43,46H,3-11,13,15-42H2,1-2H3/b14-12-. The molecular formula is C45H86O5.